The van der Waals surface area contributed by atoms with E-state index in [1.54, 1.807) is 6.92 Å². The van der Waals surface area contributed by atoms with Gasteiger partial charge in [0.25, 0.3) is 0 Å². The van der Waals surface area contributed by atoms with Crippen molar-refractivity contribution in [3.8, 4) is 12.3 Å². The van der Waals surface area contributed by atoms with Crippen LogP contribution >= 0.6 is 0 Å². The van der Waals surface area contributed by atoms with E-state index in [0.717, 1.165) is 12.8 Å². The van der Waals surface area contributed by atoms with Gasteiger partial charge in [-0.25, -0.2) is 0 Å². The van der Waals surface area contributed by atoms with E-state index in [1.165, 1.54) is 0 Å². The molecule has 2 N–H and O–H groups in total. The van der Waals surface area contributed by atoms with E-state index in [2.05, 4.69) is 11.2 Å². The number of nitrogens with one attached hydrogen (secondary N) is 1. The maximum Gasteiger partial charge on any atom is 0.307 e. The van der Waals surface area contributed by atoms with Gasteiger partial charge in [-0.1, -0.05) is 18.8 Å². The minimum absolute atomic E-state index is 0.224. The van der Waals surface area contributed by atoms with E-state index in [0.29, 0.717) is 12.8 Å². The molecule has 4 heteroatoms. The number of terminal acetylenes is 1. The van der Waals surface area contributed by atoms with Crippen LogP contribution in [-0.4, -0.2) is 23.0 Å². The number of rotatable bonds is 3. The van der Waals surface area contributed by atoms with Crippen molar-refractivity contribution in [2.75, 3.05) is 0 Å². The SMILES string of the molecule is C#CC(C)NC(=O)[C@@H]1CCCC[C@@H]1C(=O)O. The van der Waals surface area contributed by atoms with Crippen LogP contribution in [0.25, 0.3) is 0 Å². The van der Waals surface area contributed by atoms with Crippen LogP contribution in [-0.2, 0) is 9.59 Å². The van der Waals surface area contributed by atoms with Crippen LogP contribution in [0.4, 0.5) is 0 Å². The molecule has 0 aromatic carbocycles. The van der Waals surface area contributed by atoms with Crippen LogP contribution in [0.3, 0.4) is 0 Å². The van der Waals surface area contributed by atoms with Crippen LogP contribution in [0.1, 0.15) is 32.6 Å². The molecule has 1 saturated carbocycles. The molecule has 3 atom stereocenters. The van der Waals surface area contributed by atoms with E-state index in [1.807, 2.05) is 0 Å². The van der Waals surface area contributed by atoms with Crippen LogP contribution in [0.2, 0.25) is 0 Å². The molecule has 1 aliphatic rings. The Balaban J connectivity index is 2.65. The monoisotopic (exact) mass is 223 g/mol. The number of carbonyl (C=O) groups excluding carboxylic acids is 1. The fourth-order valence-electron chi connectivity index (χ4n) is 2.10. The first kappa shape index (κ1) is 12.6. The first-order valence-corrected chi connectivity index (χ1v) is 5.55. The number of carboxylic acid groups (broad SMARTS) is 1. The second-order valence-electron chi connectivity index (χ2n) is 4.23. The Morgan fingerprint density at radius 2 is 1.94 bits per heavy atom. The second-order valence-corrected chi connectivity index (χ2v) is 4.23. The zero-order valence-corrected chi connectivity index (χ0v) is 9.40. The van der Waals surface area contributed by atoms with Crippen molar-refractivity contribution in [1.29, 1.82) is 0 Å². The zero-order valence-electron chi connectivity index (χ0n) is 9.40. The lowest BCUT2D eigenvalue weighted by Crippen LogP contribution is -2.42. The fourth-order valence-corrected chi connectivity index (χ4v) is 2.10. The molecule has 1 rings (SSSR count). The van der Waals surface area contributed by atoms with Crippen LogP contribution < -0.4 is 5.32 Å². The molecule has 1 unspecified atom stereocenters. The highest BCUT2D eigenvalue weighted by molar-refractivity contribution is 5.85. The summed E-state index contributed by atoms with van der Waals surface area (Å²) in [6, 6.07) is -0.344. The minimum Gasteiger partial charge on any atom is -0.481 e. The van der Waals surface area contributed by atoms with Crippen LogP contribution in [0.5, 0.6) is 0 Å². The normalized spacial score (nSPS) is 26.5. The predicted molar refractivity (Wildman–Crippen MR) is 59.5 cm³/mol. The largest absolute Gasteiger partial charge is 0.481 e. The van der Waals surface area contributed by atoms with Gasteiger partial charge >= 0.3 is 5.97 Å². The Morgan fingerprint density at radius 1 is 1.38 bits per heavy atom. The molecule has 0 aromatic heterocycles. The highest BCUT2D eigenvalue weighted by Gasteiger charge is 2.35. The van der Waals surface area contributed by atoms with Crippen molar-refractivity contribution >= 4 is 11.9 Å². The summed E-state index contributed by atoms with van der Waals surface area (Å²) >= 11 is 0. The maximum absolute atomic E-state index is 11.8. The number of carboxylic acids is 1. The molecule has 1 fully saturated rings. The summed E-state index contributed by atoms with van der Waals surface area (Å²) in [6.07, 6.45) is 8.17. The van der Waals surface area contributed by atoms with Crippen molar-refractivity contribution in [2.24, 2.45) is 11.8 Å². The lowest BCUT2D eigenvalue weighted by Gasteiger charge is -2.27. The molecule has 0 aromatic rings. The highest BCUT2D eigenvalue weighted by Crippen LogP contribution is 2.30. The molecule has 1 aliphatic carbocycles. The van der Waals surface area contributed by atoms with Crippen LogP contribution in [0.15, 0.2) is 0 Å². The molecule has 0 saturated heterocycles. The number of hydrogen-bond donors (Lipinski definition) is 2. The van der Waals surface area contributed by atoms with Crippen molar-refractivity contribution in [3.63, 3.8) is 0 Å². The number of hydrogen-bond acceptors (Lipinski definition) is 2. The van der Waals surface area contributed by atoms with Gasteiger partial charge in [-0.05, 0) is 19.8 Å². The Labute approximate surface area is 95.4 Å². The predicted octanol–water partition coefficient (Wildman–Crippen LogP) is 1.02. The van der Waals surface area contributed by atoms with Gasteiger partial charge in [0.05, 0.1) is 17.9 Å². The van der Waals surface area contributed by atoms with Gasteiger partial charge in [0.2, 0.25) is 5.91 Å². The molecule has 0 aliphatic heterocycles. The average Bonchev–Trinajstić information content (AvgIpc) is 2.28. The van der Waals surface area contributed by atoms with E-state index in [-0.39, 0.29) is 11.9 Å². The molecule has 16 heavy (non-hydrogen) atoms. The van der Waals surface area contributed by atoms with E-state index in [4.69, 9.17) is 11.5 Å². The van der Waals surface area contributed by atoms with Gasteiger partial charge in [0.1, 0.15) is 0 Å². The van der Waals surface area contributed by atoms with Crippen molar-refractivity contribution < 1.29 is 14.7 Å². The lowest BCUT2D eigenvalue weighted by atomic mass is 9.78. The zero-order chi connectivity index (χ0) is 12.1. The molecular formula is C12H17NO3. The summed E-state index contributed by atoms with van der Waals surface area (Å²) in [5.41, 5.74) is 0. The van der Waals surface area contributed by atoms with Crippen LogP contribution in [0, 0.1) is 24.2 Å². The molecule has 0 radical (unpaired) electrons. The Bertz CT molecular complexity index is 319. The topological polar surface area (TPSA) is 66.4 Å². The smallest absolute Gasteiger partial charge is 0.307 e. The summed E-state index contributed by atoms with van der Waals surface area (Å²) in [7, 11) is 0. The van der Waals surface area contributed by atoms with Gasteiger partial charge in [-0.2, -0.15) is 0 Å². The summed E-state index contributed by atoms with van der Waals surface area (Å²) in [5.74, 6) is 0.308. The quantitative estimate of drug-likeness (QED) is 0.702. The van der Waals surface area contributed by atoms with E-state index < -0.39 is 17.8 Å². The molecule has 0 spiro atoms. The molecule has 0 heterocycles. The van der Waals surface area contributed by atoms with Gasteiger partial charge < -0.3 is 10.4 Å². The average molecular weight is 223 g/mol. The van der Waals surface area contributed by atoms with Gasteiger partial charge in [-0.15, -0.1) is 6.42 Å². The van der Waals surface area contributed by atoms with E-state index in [9.17, 15) is 9.59 Å². The molecule has 0 bridgehead atoms. The minimum atomic E-state index is -0.881. The first-order chi connectivity index (χ1) is 7.56. The van der Waals surface area contributed by atoms with Crippen molar-refractivity contribution in [3.05, 3.63) is 0 Å². The third kappa shape index (κ3) is 2.99. The highest BCUT2D eigenvalue weighted by atomic mass is 16.4. The summed E-state index contributed by atoms with van der Waals surface area (Å²) in [6.45, 7) is 1.70. The third-order valence-corrected chi connectivity index (χ3v) is 3.03. The second kappa shape index (κ2) is 5.55. The molecule has 88 valence electrons. The molecule has 1 amide bonds. The number of aliphatic carboxylic acids is 1. The van der Waals surface area contributed by atoms with Gasteiger partial charge in [0, 0.05) is 0 Å². The van der Waals surface area contributed by atoms with Gasteiger partial charge in [-0.3, -0.25) is 9.59 Å². The Morgan fingerprint density at radius 3 is 2.44 bits per heavy atom. The first-order valence-electron chi connectivity index (χ1n) is 5.55. The van der Waals surface area contributed by atoms with Crippen molar-refractivity contribution in [2.45, 2.75) is 38.6 Å². The summed E-state index contributed by atoms with van der Waals surface area (Å²) in [4.78, 5) is 22.8. The number of amides is 1. The lowest BCUT2D eigenvalue weighted by molar-refractivity contribution is -0.149. The summed E-state index contributed by atoms with van der Waals surface area (Å²) in [5, 5.41) is 11.7. The molecular weight excluding hydrogens is 206 g/mol. The molecule has 4 nitrogen and oxygen atoms in total. The fraction of sp³-hybridized carbons (Fsp3) is 0.667. The maximum atomic E-state index is 11.8. The third-order valence-electron chi connectivity index (χ3n) is 3.03. The standard InChI is InChI=1S/C12H17NO3/c1-3-8(2)13-11(14)9-6-4-5-7-10(9)12(15)16/h1,8-10H,4-7H2,2H3,(H,13,14)(H,15,16)/t8?,9-,10+/m1/s1. The van der Waals surface area contributed by atoms with Crippen molar-refractivity contribution in [1.82, 2.24) is 5.32 Å². The Kier molecular flexibility index (Phi) is 4.36. The number of carbonyl (C=O) groups is 2. The van der Waals surface area contributed by atoms with Gasteiger partial charge in [0.15, 0.2) is 0 Å². The summed E-state index contributed by atoms with van der Waals surface area (Å²) < 4.78 is 0. The Hall–Kier alpha value is -1.50. The van der Waals surface area contributed by atoms with E-state index >= 15 is 0 Å².